The molecule has 0 bridgehead atoms. The molecule has 42 heavy (non-hydrogen) atoms. The third kappa shape index (κ3) is 23.5. The Morgan fingerprint density at radius 1 is 0.667 bits per heavy atom. The Hall–Kier alpha value is -2.10. The highest BCUT2D eigenvalue weighted by Crippen LogP contribution is 2.14. The first-order valence-electron chi connectivity index (χ1n) is 17.9. The molecular weight excluding hydrogens is 516 g/mol. The van der Waals surface area contributed by atoms with Crippen molar-refractivity contribution in [3.05, 3.63) is 48.6 Å². The zero-order valence-corrected chi connectivity index (χ0v) is 27.4. The fourth-order valence-corrected chi connectivity index (χ4v) is 5.61. The molecule has 1 aromatic rings. The van der Waals surface area contributed by atoms with Gasteiger partial charge < -0.3 is 10.6 Å². The largest absolute Gasteiger partial charge is 0.354 e. The molecular formula is C38H66N2O2. The molecule has 0 saturated carbocycles. The average Bonchev–Trinajstić information content (AvgIpc) is 3.00. The molecule has 1 atom stereocenters. The molecule has 240 valence electrons. The van der Waals surface area contributed by atoms with Gasteiger partial charge in [-0.05, 0) is 31.2 Å². The first-order chi connectivity index (χ1) is 20.7. The Bertz CT molecular complexity index is 764. The van der Waals surface area contributed by atoms with Gasteiger partial charge in [0.05, 0.1) is 0 Å². The first-order valence-corrected chi connectivity index (χ1v) is 17.9. The Morgan fingerprint density at radius 3 is 1.67 bits per heavy atom. The summed E-state index contributed by atoms with van der Waals surface area (Å²) in [6.45, 7) is 6.74. The van der Waals surface area contributed by atoms with Crippen molar-refractivity contribution in [3.8, 4) is 0 Å². The quantitative estimate of drug-likeness (QED) is 0.0700. The van der Waals surface area contributed by atoms with E-state index in [1.807, 2.05) is 36.4 Å². The summed E-state index contributed by atoms with van der Waals surface area (Å²) in [5, 5.41) is 6.13. The maximum absolute atomic E-state index is 13.0. The highest BCUT2D eigenvalue weighted by atomic mass is 16.2. The molecule has 1 rings (SSSR count). The van der Waals surface area contributed by atoms with Gasteiger partial charge in [0.25, 0.3) is 0 Å². The molecule has 0 aliphatic rings. The molecule has 4 nitrogen and oxygen atoms in total. The van der Waals surface area contributed by atoms with Gasteiger partial charge in [0.1, 0.15) is 6.04 Å². The minimum absolute atomic E-state index is 0.0138. The van der Waals surface area contributed by atoms with Crippen LogP contribution >= 0.6 is 0 Å². The van der Waals surface area contributed by atoms with Crippen molar-refractivity contribution in [2.45, 2.75) is 173 Å². The Morgan fingerprint density at radius 2 is 1.14 bits per heavy atom. The normalized spacial score (nSPS) is 11.7. The number of hydrogen-bond acceptors (Lipinski definition) is 2. The minimum Gasteiger partial charge on any atom is -0.354 e. The van der Waals surface area contributed by atoms with E-state index < -0.39 is 6.04 Å². The van der Waals surface area contributed by atoms with E-state index in [2.05, 4.69) is 24.1 Å². The van der Waals surface area contributed by atoms with Crippen molar-refractivity contribution in [1.82, 2.24) is 10.6 Å². The van der Waals surface area contributed by atoms with Crippen molar-refractivity contribution in [3.63, 3.8) is 0 Å². The van der Waals surface area contributed by atoms with Gasteiger partial charge in [-0.3, -0.25) is 9.59 Å². The number of hydrogen-bond donors (Lipinski definition) is 2. The summed E-state index contributed by atoms with van der Waals surface area (Å²) in [4.78, 5) is 25.7. The molecule has 0 saturated heterocycles. The van der Waals surface area contributed by atoms with Gasteiger partial charge in [-0.2, -0.15) is 0 Å². The summed E-state index contributed by atoms with van der Waals surface area (Å²) in [6.07, 6.45) is 32.3. The van der Waals surface area contributed by atoms with Crippen molar-refractivity contribution < 1.29 is 9.59 Å². The predicted molar refractivity (Wildman–Crippen MR) is 182 cm³/mol. The average molecular weight is 583 g/mol. The second-order valence-corrected chi connectivity index (χ2v) is 12.4. The lowest BCUT2D eigenvalue weighted by molar-refractivity contribution is -0.129. The summed E-state index contributed by atoms with van der Waals surface area (Å²) in [5.74, 6) is -0.0736. The molecule has 4 heteroatoms. The SMILES string of the molecule is C=CCCCCCCCCC(=O)N[C@H](Cc1ccccc1)C(=O)NCCCCCCCCCCCCCCCCCC. The van der Waals surface area contributed by atoms with Crippen LogP contribution in [0.1, 0.15) is 167 Å². The van der Waals surface area contributed by atoms with E-state index in [9.17, 15) is 9.59 Å². The van der Waals surface area contributed by atoms with Crippen LogP contribution in [0.5, 0.6) is 0 Å². The maximum Gasteiger partial charge on any atom is 0.242 e. The van der Waals surface area contributed by atoms with E-state index in [0.717, 1.165) is 44.1 Å². The van der Waals surface area contributed by atoms with Gasteiger partial charge in [-0.25, -0.2) is 0 Å². The van der Waals surface area contributed by atoms with Crippen LogP contribution in [0.25, 0.3) is 0 Å². The number of allylic oxidation sites excluding steroid dienone is 1. The molecule has 0 aliphatic carbocycles. The molecule has 0 aromatic heterocycles. The van der Waals surface area contributed by atoms with E-state index in [1.54, 1.807) is 0 Å². The van der Waals surface area contributed by atoms with Crippen LogP contribution in [0.4, 0.5) is 0 Å². The summed E-state index contributed by atoms with van der Waals surface area (Å²) in [5.41, 5.74) is 1.07. The zero-order chi connectivity index (χ0) is 30.4. The van der Waals surface area contributed by atoms with Gasteiger partial charge in [-0.15, -0.1) is 6.58 Å². The summed E-state index contributed by atoms with van der Waals surface area (Å²) >= 11 is 0. The lowest BCUT2D eigenvalue weighted by atomic mass is 10.0. The molecule has 0 fully saturated rings. The number of unbranched alkanes of at least 4 members (excludes halogenated alkanes) is 21. The monoisotopic (exact) mass is 583 g/mol. The fourth-order valence-electron chi connectivity index (χ4n) is 5.61. The van der Waals surface area contributed by atoms with Crippen LogP contribution in [0.15, 0.2) is 43.0 Å². The molecule has 2 N–H and O–H groups in total. The van der Waals surface area contributed by atoms with Crippen LogP contribution in [0.3, 0.4) is 0 Å². The lowest BCUT2D eigenvalue weighted by Gasteiger charge is -2.19. The second kappa shape index (κ2) is 29.0. The number of benzene rings is 1. The van der Waals surface area contributed by atoms with Crippen molar-refractivity contribution in [1.29, 1.82) is 0 Å². The zero-order valence-electron chi connectivity index (χ0n) is 27.4. The predicted octanol–water partition coefficient (Wildman–Crippen LogP) is 10.4. The number of carbonyl (C=O) groups excluding carboxylic acids is 2. The summed E-state index contributed by atoms with van der Waals surface area (Å²) in [6, 6.07) is 9.48. The van der Waals surface area contributed by atoms with Crippen LogP contribution < -0.4 is 10.6 Å². The van der Waals surface area contributed by atoms with Gasteiger partial charge in [-0.1, -0.05) is 165 Å². The van der Waals surface area contributed by atoms with Crippen LogP contribution in [-0.4, -0.2) is 24.4 Å². The maximum atomic E-state index is 13.0. The molecule has 0 radical (unpaired) electrons. The van der Waals surface area contributed by atoms with E-state index in [1.165, 1.54) is 109 Å². The molecule has 0 aliphatic heterocycles. The van der Waals surface area contributed by atoms with Crippen molar-refractivity contribution >= 4 is 11.8 Å². The van der Waals surface area contributed by atoms with Gasteiger partial charge >= 0.3 is 0 Å². The highest BCUT2D eigenvalue weighted by Gasteiger charge is 2.20. The number of carbonyl (C=O) groups is 2. The smallest absolute Gasteiger partial charge is 0.242 e. The molecule has 0 spiro atoms. The third-order valence-corrected chi connectivity index (χ3v) is 8.33. The topological polar surface area (TPSA) is 58.2 Å². The van der Waals surface area contributed by atoms with E-state index in [0.29, 0.717) is 19.4 Å². The molecule has 1 aromatic carbocycles. The van der Waals surface area contributed by atoms with Crippen molar-refractivity contribution in [2.24, 2.45) is 0 Å². The number of amides is 2. The Kier molecular flexibility index (Phi) is 26.2. The summed E-state index contributed by atoms with van der Waals surface area (Å²) < 4.78 is 0. The van der Waals surface area contributed by atoms with E-state index >= 15 is 0 Å². The molecule has 0 heterocycles. The fraction of sp³-hybridized carbons (Fsp3) is 0.737. The van der Waals surface area contributed by atoms with Gasteiger partial charge in [0, 0.05) is 19.4 Å². The van der Waals surface area contributed by atoms with Gasteiger partial charge in [0.2, 0.25) is 11.8 Å². The summed E-state index contributed by atoms with van der Waals surface area (Å²) in [7, 11) is 0. The second-order valence-electron chi connectivity index (χ2n) is 12.4. The molecule has 0 unspecified atom stereocenters. The highest BCUT2D eigenvalue weighted by molar-refractivity contribution is 5.87. The van der Waals surface area contributed by atoms with Crippen molar-refractivity contribution in [2.75, 3.05) is 6.54 Å². The standard InChI is InChI=1S/C38H66N2O2/c1-3-5-7-9-11-13-14-15-16-17-18-19-20-22-24-29-33-39-38(42)36(34-35-30-26-25-27-31-35)40-37(41)32-28-23-21-12-10-8-6-4-2/h4,25-27,30-31,36H,2-3,5-24,28-29,32-34H2,1H3,(H,39,42)(H,40,41)/t36-/m1/s1. The first kappa shape index (κ1) is 37.9. The van der Waals surface area contributed by atoms with Gasteiger partial charge in [0.15, 0.2) is 0 Å². The molecule has 2 amide bonds. The number of nitrogens with one attached hydrogen (secondary N) is 2. The van der Waals surface area contributed by atoms with Crippen LogP contribution in [0.2, 0.25) is 0 Å². The Labute approximate surface area is 260 Å². The van der Waals surface area contributed by atoms with E-state index in [4.69, 9.17) is 0 Å². The van der Waals surface area contributed by atoms with Crippen LogP contribution in [-0.2, 0) is 16.0 Å². The van der Waals surface area contributed by atoms with Crippen LogP contribution in [0, 0.1) is 0 Å². The lowest BCUT2D eigenvalue weighted by Crippen LogP contribution is -2.48. The Balaban J connectivity index is 2.14. The van der Waals surface area contributed by atoms with E-state index in [-0.39, 0.29) is 11.8 Å². The number of rotatable bonds is 30. The third-order valence-electron chi connectivity index (χ3n) is 8.33. The minimum atomic E-state index is -0.514.